The Morgan fingerprint density at radius 2 is 1.84 bits per heavy atom. The zero-order valence-corrected chi connectivity index (χ0v) is 11.8. The van der Waals surface area contributed by atoms with Gasteiger partial charge in [-0.1, -0.05) is 0 Å². The summed E-state index contributed by atoms with van der Waals surface area (Å²) in [6.07, 6.45) is 5.33. The molecule has 0 spiro atoms. The molecule has 1 unspecified atom stereocenters. The van der Waals surface area contributed by atoms with E-state index < -0.39 is 0 Å². The minimum absolute atomic E-state index is 0.218. The molecule has 1 aliphatic carbocycles. The lowest BCUT2D eigenvalue weighted by molar-refractivity contribution is -0.0979. The summed E-state index contributed by atoms with van der Waals surface area (Å²) >= 11 is 0. The fraction of sp³-hybridized carbons (Fsp3) is 0.571. The summed E-state index contributed by atoms with van der Waals surface area (Å²) < 4.78 is 0. The number of pyridine rings is 1. The second kappa shape index (κ2) is 10.5. The van der Waals surface area contributed by atoms with Crippen LogP contribution in [0.15, 0.2) is 18.3 Å². The Balaban J connectivity index is 0.000000254. The van der Waals surface area contributed by atoms with Gasteiger partial charge in [-0.3, -0.25) is 4.98 Å². The molecule has 0 radical (unpaired) electrons. The Hall–Kier alpha value is -1.46. The second-order valence-electron chi connectivity index (χ2n) is 4.64. The first-order chi connectivity index (χ1) is 9.08. The molecule has 2 aliphatic rings. The standard InChI is InChI=1S/C6H7NO.C4H9N.C3H7N.CH2O/c1-5-2-3-6(8)4-7-5;1-4-2-3-5-4;4-3-1-2-3;1-2/h2-4,8H,1H3;4-5H,2-3H2,1H3;3H,1-2,4H2;1H2. The number of hydrogen-bond donors (Lipinski definition) is 3. The molecule has 1 aromatic heterocycles. The summed E-state index contributed by atoms with van der Waals surface area (Å²) in [6, 6.07) is 4.77. The molecule has 4 N–H and O–H groups in total. The zero-order chi connectivity index (χ0) is 14.7. The highest BCUT2D eigenvalue weighted by atomic mass is 16.3. The number of rotatable bonds is 0. The summed E-state index contributed by atoms with van der Waals surface area (Å²) in [7, 11) is 0. The molecule has 1 aromatic rings. The van der Waals surface area contributed by atoms with Crippen molar-refractivity contribution in [3.05, 3.63) is 24.0 Å². The van der Waals surface area contributed by atoms with Crippen molar-refractivity contribution in [3.63, 3.8) is 0 Å². The van der Waals surface area contributed by atoms with Crippen molar-refractivity contribution in [1.82, 2.24) is 10.3 Å². The van der Waals surface area contributed by atoms with Crippen LogP contribution < -0.4 is 11.1 Å². The highest BCUT2D eigenvalue weighted by molar-refractivity contribution is 5.16. The van der Waals surface area contributed by atoms with Gasteiger partial charge in [0.05, 0.1) is 6.20 Å². The van der Waals surface area contributed by atoms with Gasteiger partial charge < -0.3 is 21.0 Å². The third kappa shape index (κ3) is 11.4. The van der Waals surface area contributed by atoms with Gasteiger partial charge in [-0.15, -0.1) is 0 Å². The van der Waals surface area contributed by atoms with Gasteiger partial charge in [0.1, 0.15) is 12.5 Å². The quantitative estimate of drug-likeness (QED) is 0.661. The van der Waals surface area contributed by atoms with Crippen molar-refractivity contribution in [2.24, 2.45) is 5.73 Å². The number of aromatic hydroxyl groups is 1. The van der Waals surface area contributed by atoms with E-state index in [1.54, 1.807) is 12.1 Å². The maximum atomic E-state index is 8.69. The van der Waals surface area contributed by atoms with Gasteiger partial charge in [0.25, 0.3) is 0 Å². The number of nitrogens with two attached hydrogens (primary N) is 1. The molecule has 0 aromatic carbocycles. The Morgan fingerprint density at radius 1 is 1.37 bits per heavy atom. The Labute approximate surface area is 115 Å². The zero-order valence-electron chi connectivity index (χ0n) is 11.8. The normalized spacial score (nSPS) is 19.2. The molecule has 1 saturated heterocycles. The molecule has 0 bridgehead atoms. The number of aromatic nitrogens is 1. The molecule has 0 amide bonds. The average molecular weight is 267 g/mol. The third-order valence-electron chi connectivity index (χ3n) is 2.59. The molecule has 2 heterocycles. The topological polar surface area (TPSA) is 88.2 Å². The van der Waals surface area contributed by atoms with Crippen LogP contribution in [0.25, 0.3) is 0 Å². The van der Waals surface area contributed by atoms with Crippen LogP contribution in [-0.2, 0) is 4.79 Å². The minimum atomic E-state index is 0.218. The van der Waals surface area contributed by atoms with Crippen LogP contribution in [0.2, 0.25) is 0 Å². The SMILES string of the molecule is C=O.CC1CCN1.Cc1ccc(O)cn1.NC1CC1. The number of aryl methyl sites for hydroxylation is 1. The number of nitrogens with zero attached hydrogens (tertiary/aromatic N) is 1. The lowest BCUT2D eigenvalue weighted by Crippen LogP contribution is -2.39. The van der Waals surface area contributed by atoms with E-state index in [0.717, 1.165) is 11.7 Å². The predicted octanol–water partition coefficient (Wildman–Crippen LogP) is 1.39. The summed E-state index contributed by atoms with van der Waals surface area (Å²) in [5, 5.41) is 11.9. The van der Waals surface area contributed by atoms with E-state index in [0.29, 0.717) is 6.04 Å². The summed E-state index contributed by atoms with van der Waals surface area (Å²) in [4.78, 5) is 11.8. The fourth-order valence-electron chi connectivity index (χ4n) is 0.989. The molecule has 5 heteroatoms. The molecule has 1 aliphatic heterocycles. The second-order valence-corrected chi connectivity index (χ2v) is 4.64. The molecule has 5 nitrogen and oxygen atoms in total. The Morgan fingerprint density at radius 3 is 2.00 bits per heavy atom. The highest BCUT2D eigenvalue weighted by Gasteiger charge is 2.13. The van der Waals surface area contributed by atoms with Gasteiger partial charge in [0.15, 0.2) is 0 Å². The van der Waals surface area contributed by atoms with Crippen LogP contribution in [-0.4, -0.2) is 35.5 Å². The van der Waals surface area contributed by atoms with Crippen molar-refractivity contribution in [3.8, 4) is 5.75 Å². The van der Waals surface area contributed by atoms with Crippen molar-refractivity contribution in [2.45, 2.75) is 45.2 Å². The molecule has 1 atom stereocenters. The fourth-order valence-corrected chi connectivity index (χ4v) is 0.989. The van der Waals surface area contributed by atoms with Crippen molar-refractivity contribution < 1.29 is 9.90 Å². The predicted molar refractivity (Wildman–Crippen MR) is 77.1 cm³/mol. The average Bonchev–Trinajstić information content (AvgIpc) is 3.17. The van der Waals surface area contributed by atoms with E-state index in [1.165, 1.54) is 32.0 Å². The van der Waals surface area contributed by atoms with E-state index in [2.05, 4.69) is 17.2 Å². The van der Waals surface area contributed by atoms with Crippen molar-refractivity contribution >= 4 is 6.79 Å². The molecule has 3 rings (SSSR count). The molecular formula is C14H25N3O2. The van der Waals surface area contributed by atoms with Gasteiger partial charge in [-0.25, -0.2) is 0 Å². The summed E-state index contributed by atoms with van der Waals surface area (Å²) in [5.74, 6) is 0.218. The maximum absolute atomic E-state index is 8.69. The van der Waals surface area contributed by atoms with Crippen LogP contribution in [0.5, 0.6) is 5.75 Å². The first kappa shape index (κ1) is 17.5. The van der Waals surface area contributed by atoms with E-state index in [-0.39, 0.29) is 5.75 Å². The number of carbonyl (C=O) groups excluding carboxylic acids is 1. The lowest BCUT2D eigenvalue weighted by Gasteiger charge is -2.22. The molecule has 19 heavy (non-hydrogen) atoms. The van der Waals surface area contributed by atoms with E-state index in [9.17, 15) is 0 Å². The van der Waals surface area contributed by atoms with Gasteiger partial charge in [-0.05, 0) is 51.8 Å². The Kier molecular flexibility index (Phi) is 9.66. The number of nitrogens with one attached hydrogen (secondary N) is 1. The molecule has 108 valence electrons. The molecule has 1 saturated carbocycles. The van der Waals surface area contributed by atoms with Crippen LogP contribution in [0, 0.1) is 6.92 Å². The van der Waals surface area contributed by atoms with Crippen LogP contribution in [0.4, 0.5) is 0 Å². The van der Waals surface area contributed by atoms with Crippen LogP contribution in [0.1, 0.15) is 31.9 Å². The first-order valence-corrected chi connectivity index (χ1v) is 6.47. The van der Waals surface area contributed by atoms with Crippen LogP contribution >= 0.6 is 0 Å². The van der Waals surface area contributed by atoms with Gasteiger partial charge >= 0.3 is 0 Å². The van der Waals surface area contributed by atoms with Gasteiger partial charge in [0, 0.05) is 17.8 Å². The van der Waals surface area contributed by atoms with Gasteiger partial charge in [-0.2, -0.15) is 0 Å². The largest absolute Gasteiger partial charge is 0.506 e. The van der Waals surface area contributed by atoms with E-state index >= 15 is 0 Å². The first-order valence-electron chi connectivity index (χ1n) is 6.47. The third-order valence-corrected chi connectivity index (χ3v) is 2.59. The van der Waals surface area contributed by atoms with Crippen molar-refractivity contribution in [1.29, 1.82) is 0 Å². The monoisotopic (exact) mass is 267 g/mol. The number of hydrogen-bond acceptors (Lipinski definition) is 5. The summed E-state index contributed by atoms with van der Waals surface area (Å²) in [5.41, 5.74) is 6.14. The van der Waals surface area contributed by atoms with Gasteiger partial charge in [0.2, 0.25) is 0 Å². The smallest absolute Gasteiger partial charge is 0.133 e. The number of carbonyl (C=O) groups is 1. The van der Waals surface area contributed by atoms with Crippen LogP contribution in [0.3, 0.4) is 0 Å². The van der Waals surface area contributed by atoms with Crippen molar-refractivity contribution in [2.75, 3.05) is 6.54 Å². The Bertz CT molecular complexity index is 301. The molecular weight excluding hydrogens is 242 g/mol. The summed E-state index contributed by atoms with van der Waals surface area (Å²) in [6.45, 7) is 7.31. The van der Waals surface area contributed by atoms with E-state index in [4.69, 9.17) is 15.6 Å². The molecule has 2 fully saturated rings. The highest BCUT2D eigenvalue weighted by Crippen LogP contribution is 2.13. The van der Waals surface area contributed by atoms with E-state index in [1.807, 2.05) is 13.7 Å². The maximum Gasteiger partial charge on any atom is 0.133 e. The minimum Gasteiger partial charge on any atom is -0.506 e. The lowest BCUT2D eigenvalue weighted by atomic mass is 10.1.